The van der Waals surface area contributed by atoms with E-state index in [-0.39, 0.29) is 17.9 Å². The van der Waals surface area contributed by atoms with Gasteiger partial charge in [0.15, 0.2) is 0 Å². The van der Waals surface area contributed by atoms with Crippen molar-refractivity contribution in [3.8, 4) is 0 Å². The Kier molecular flexibility index (Phi) is 5.19. The molecule has 0 radical (unpaired) electrons. The Labute approximate surface area is 144 Å². The fourth-order valence-corrected chi connectivity index (χ4v) is 3.53. The molecular weight excluding hydrogens is 302 g/mol. The highest BCUT2D eigenvalue weighted by molar-refractivity contribution is 5.95. The minimum Gasteiger partial charge on any atom is -0.343 e. The minimum atomic E-state index is 0.116. The lowest BCUT2D eigenvalue weighted by Gasteiger charge is -2.39. The zero-order chi connectivity index (χ0) is 17.1. The van der Waals surface area contributed by atoms with Gasteiger partial charge in [-0.3, -0.25) is 14.5 Å². The predicted octanol–water partition coefficient (Wildman–Crippen LogP) is 2.04. The van der Waals surface area contributed by atoms with E-state index in [0.29, 0.717) is 26.1 Å². The van der Waals surface area contributed by atoms with E-state index >= 15 is 0 Å². The third-order valence-electron chi connectivity index (χ3n) is 5.13. The van der Waals surface area contributed by atoms with Crippen LogP contribution in [0.15, 0.2) is 24.3 Å². The standard InChI is InChI=1S/C19H27N3O2/c1-15-5-7-17(8-6-15)22-13-16(2)21(14-19(22)24)12-9-18(23)20-10-3-4-11-20/h5-8,16H,3-4,9-14H2,1-2H3/t16-/m0/s1. The van der Waals surface area contributed by atoms with Gasteiger partial charge in [-0.15, -0.1) is 0 Å². The highest BCUT2D eigenvalue weighted by Crippen LogP contribution is 2.21. The van der Waals surface area contributed by atoms with Crippen molar-refractivity contribution in [2.75, 3.05) is 37.6 Å². The average Bonchev–Trinajstić information content (AvgIpc) is 3.10. The van der Waals surface area contributed by atoms with Gasteiger partial charge in [-0.25, -0.2) is 0 Å². The Hall–Kier alpha value is -1.88. The van der Waals surface area contributed by atoms with Crippen molar-refractivity contribution in [1.82, 2.24) is 9.80 Å². The van der Waals surface area contributed by atoms with Gasteiger partial charge in [0.05, 0.1) is 6.54 Å². The highest BCUT2D eigenvalue weighted by atomic mass is 16.2. The maximum absolute atomic E-state index is 12.5. The maximum atomic E-state index is 12.5. The van der Waals surface area contributed by atoms with Crippen LogP contribution in [-0.4, -0.2) is 60.4 Å². The number of aryl methyl sites for hydroxylation is 1. The fraction of sp³-hybridized carbons (Fsp3) is 0.579. The molecule has 5 heteroatoms. The number of likely N-dealkylation sites (tertiary alicyclic amines) is 1. The number of benzene rings is 1. The number of anilines is 1. The van der Waals surface area contributed by atoms with Crippen molar-refractivity contribution < 1.29 is 9.59 Å². The second-order valence-corrected chi connectivity index (χ2v) is 7.00. The Morgan fingerprint density at radius 3 is 2.50 bits per heavy atom. The third kappa shape index (κ3) is 3.78. The van der Waals surface area contributed by atoms with E-state index in [1.807, 2.05) is 41.0 Å². The summed E-state index contributed by atoms with van der Waals surface area (Å²) in [5, 5.41) is 0. The van der Waals surface area contributed by atoms with Crippen LogP contribution in [0.3, 0.4) is 0 Å². The first-order valence-electron chi connectivity index (χ1n) is 8.93. The molecular formula is C19H27N3O2. The molecule has 2 fully saturated rings. The molecule has 5 nitrogen and oxygen atoms in total. The van der Waals surface area contributed by atoms with Gasteiger partial charge < -0.3 is 9.80 Å². The fourth-order valence-electron chi connectivity index (χ4n) is 3.53. The SMILES string of the molecule is Cc1ccc(N2C[C@H](C)N(CCC(=O)N3CCCC3)CC2=O)cc1. The van der Waals surface area contributed by atoms with Gasteiger partial charge in [0.1, 0.15) is 0 Å². The summed E-state index contributed by atoms with van der Waals surface area (Å²) in [4.78, 5) is 30.7. The number of nitrogens with zero attached hydrogens (tertiary/aromatic N) is 3. The largest absolute Gasteiger partial charge is 0.343 e. The maximum Gasteiger partial charge on any atom is 0.241 e. The molecule has 24 heavy (non-hydrogen) atoms. The summed E-state index contributed by atoms with van der Waals surface area (Å²) in [6.07, 6.45) is 2.76. The van der Waals surface area contributed by atoms with Crippen LogP contribution in [0.1, 0.15) is 31.7 Å². The lowest BCUT2D eigenvalue weighted by atomic mass is 10.1. The van der Waals surface area contributed by atoms with Crippen LogP contribution in [-0.2, 0) is 9.59 Å². The Balaban J connectivity index is 1.56. The molecule has 2 saturated heterocycles. The van der Waals surface area contributed by atoms with Gasteiger partial charge in [-0.1, -0.05) is 17.7 Å². The lowest BCUT2D eigenvalue weighted by Crippen LogP contribution is -2.55. The van der Waals surface area contributed by atoms with Crippen molar-refractivity contribution in [1.29, 1.82) is 0 Å². The van der Waals surface area contributed by atoms with E-state index in [0.717, 1.165) is 31.6 Å². The molecule has 0 aromatic heterocycles. The number of carbonyl (C=O) groups excluding carboxylic acids is 2. The number of carbonyl (C=O) groups is 2. The minimum absolute atomic E-state index is 0.116. The van der Waals surface area contributed by atoms with Gasteiger partial charge in [-0.2, -0.15) is 0 Å². The molecule has 1 atom stereocenters. The molecule has 0 bridgehead atoms. The van der Waals surface area contributed by atoms with Crippen LogP contribution in [0.5, 0.6) is 0 Å². The van der Waals surface area contributed by atoms with E-state index in [2.05, 4.69) is 11.8 Å². The van der Waals surface area contributed by atoms with Crippen LogP contribution in [0.25, 0.3) is 0 Å². The first kappa shape index (κ1) is 17.0. The molecule has 2 aliphatic heterocycles. The molecule has 0 aliphatic carbocycles. The highest BCUT2D eigenvalue weighted by Gasteiger charge is 2.30. The van der Waals surface area contributed by atoms with Crippen LogP contribution >= 0.6 is 0 Å². The third-order valence-corrected chi connectivity index (χ3v) is 5.13. The van der Waals surface area contributed by atoms with Crippen LogP contribution in [0.2, 0.25) is 0 Å². The van der Waals surface area contributed by atoms with Crippen molar-refractivity contribution in [2.45, 2.75) is 39.2 Å². The number of rotatable bonds is 4. The topological polar surface area (TPSA) is 43.9 Å². The van der Waals surface area contributed by atoms with Gasteiger partial charge >= 0.3 is 0 Å². The summed E-state index contributed by atoms with van der Waals surface area (Å²) in [5.74, 6) is 0.346. The summed E-state index contributed by atoms with van der Waals surface area (Å²) in [5.41, 5.74) is 2.16. The van der Waals surface area contributed by atoms with Crippen molar-refractivity contribution >= 4 is 17.5 Å². The first-order chi connectivity index (χ1) is 11.5. The molecule has 0 saturated carbocycles. The zero-order valence-corrected chi connectivity index (χ0v) is 14.7. The molecule has 0 unspecified atom stereocenters. The van der Waals surface area contributed by atoms with Gasteiger partial charge in [0.2, 0.25) is 11.8 Å². The van der Waals surface area contributed by atoms with Gasteiger partial charge in [0.25, 0.3) is 0 Å². The van der Waals surface area contributed by atoms with Crippen LogP contribution < -0.4 is 4.90 Å². The molecule has 2 aliphatic rings. The number of amides is 2. The summed E-state index contributed by atoms with van der Waals surface area (Å²) in [6.45, 7) is 7.71. The zero-order valence-electron chi connectivity index (χ0n) is 14.7. The van der Waals surface area contributed by atoms with Crippen LogP contribution in [0.4, 0.5) is 5.69 Å². The Bertz CT molecular complexity index is 593. The number of piperazine rings is 1. The van der Waals surface area contributed by atoms with E-state index in [4.69, 9.17) is 0 Å². The lowest BCUT2D eigenvalue weighted by molar-refractivity contribution is -0.131. The molecule has 130 valence electrons. The normalized spacial score (nSPS) is 22.2. The quantitative estimate of drug-likeness (QED) is 0.849. The van der Waals surface area contributed by atoms with Gasteiger partial charge in [-0.05, 0) is 38.8 Å². The van der Waals surface area contributed by atoms with E-state index < -0.39 is 0 Å². The summed E-state index contributed by atoms with van der Waals surface area (Å²) >= 11 is 0. The second kappa shape index (κ2) is 7.34. The molecule has 2 amide bonds. The molecule has 1 aromatic carbocycles. The number of hydrogen-bond acceptors (Lipinski definition) is 3. The summed E-state index contributed by atoms with van der Waals surface area (Å²) in [6, 6.07) is 8.34. The molecule has 2 heterocycles. The van der Waals surface area contributed by atoms with E-state index in [1.165, 1.54) is 5.56 Å². The molecule has 1 aromatic rings. The molecule has 3 rings (SSSR count). The summed E-state index contributed by atoms with van der Waals surface area (Å²) < 4.78 is 0. The van der Waals surface area contributed by atoms with E-state index in [9.17, 15) is 9.59 Å². The monoisotopic (exact) mass is 329 g/mol. The van der Waals surface area contributed by atoms with Crippen molar-refractivity contribution in [2.24, 2.45) is 0 Å². The molecule has 0 spiro atoms. The van der Waals surface area contributed by atoms with Crippen LogP contribution in [0, 0.1) is 6.92 Å². The second-order valence-electron chi connectivity index (χ2n) is 7.00. The first-order valence-corrected chi connectivity index (χ1v) is 8.93. The summed E-state index contributed by atoms with van der Waals surface area (Å²) in [7, 11) is 0. The number of hydrogen-bond donors (Lipinski definition) is 0. The predicted molar refractivity (Wildman–Crippen MR) is 95.0 cm³/mol. The van der Waals surface area contributed by atoms with Crippen molar-refractivity contribution in [3.05, 3.63) is 29.8 Å². The van der Waals surface area contributed by atoms with Crippen molar-refractivity contribution in [3.63, 3.8) is 0 Å². The average molecular weight is 329 g/mol. The molecule has 0 N–H and O–H groups in total. The Morgan fingerprint density at radius 2 is 1.83 bits per heavy atom. The smallest absolute Gasteiger partial charge is 0.241 e. The Morgan fingerprint density at radius 1 is 1.17 bits per heavy atom. The van der Waals surface area contributed by atoms with E-state index in [1.54, 1.807) is 0 Å². The van der Waals surface area contributed by atoms with Gasteiger partial charge in [0, 0.05) is 44.3 Å².